The van der Waals surface area contributed by atoms with Gasteiger partial charge in [0.1, 0.15) is 12.0 Å². The van der Waals surface area contributed by atoms with Gasteiger partial charge in [-0.15, -0.1) is 0 Å². The molecule has 166 valence electrons. The molecule has 0 aliphatic carbocycles. The Bertz CT molecular complexity index is 1110. The molecule has 0 fully saturated rings. The summed E-state index contributed by atoms with van der Waals surface area (Å²) in [6.45, 7) is 3.51. The van der Waals surface area contributed by atoms with Crippen molar-refractivity contribution in [2.75, 3.05) is 27.9 Å². The van der Waals surface area contributed by atoms with Gasteiger partial charge in [-0.3, -0.25) is 9.42 Å². The molecule has 31 heavy (non-hydrogen) atoms. The third-order valence-electron chi connectivity index (χ3n) is 4.49. The normalized spacial score (nSPS) is 12.8. The minimum atomic E-state index is -4.30. The van der Waals surface area contributed by atoms with Gasteiger partial charge < -0.3 is 23.3 Å². The largest absolute Gasteiger partial charge is 0.527 e. The molecule has 10 heteroatoms. The molecule has 0 bridgehead atoms. The second kappa shape index (κ2) is 9.43. The molecule has 0 aliphatic heterocycles. The quantitative estimate of drug-likeness (QED) is 0.458. The number of nitrogens with zero attached hydrogens (tertiary/aromatic N) is 1. The Hall–Kier alpha value is -3.00. The maximum Gasteiger partial charge on any atom is 0.527 e. The number of hydrogen-bond acceptors (Lipinski definition) is 8. The first kappa shape index (κ1) is 22.7. The fourth-order valence-electron chi connectivity index (χ4n) is 3.17. The first-order valence-electron chi connectivity index (χ1n) is 9.36. The monoisotopic (exact) mass is 449 g/mol. The van der Waals surface area contributed by atoms with Crippen molar-refractivity contribution in [1.82, 2.24) is 5.16 Å². The fourth-order valence-corrected chi connectivity index (χ4v) is 3.94. The van der Waals surface area contributed by atoms with E-state index < -0.39 is 7.82 Å². The van der Waals surface area contributed by atoms with Crippen molar-refractivity contribution in [3.8, 4) is 45.4 Å². The van der Waals surface area contributed by atoms with Crippen LogP contribution in [0.2, 0.25) is 0 Å². The molecule has 1 unspecified atom stereocenters. The SMILES string of the molecule is CCOP(=O)(O)Oc1cc(-c2conc2-c2cc(C)c(OC)c(OC)c2)ccc1OC. The summed E-state index contributed by atoms with van der Waals surface area (Å²) in [6, 6.07) is 8.64. The summed E-state index contributed by atoms with van der Waals surface area (Å²) in [7, 11) is 0.271. The van der Waals surface area contributed by atoms with E-state index in [-0.39, 0.29) is 18.1 Å². The molecule has 3 aromatic rings. The van der Waals surface area contributed by atoms with Crippen LogP contribution in [-0.4, -0.2) is 38.0 Å². The zero-order valence-electron chi connectivity index (χ0n) is 17.9. The second-order valence-electron chi connectivity index (χ2n) is 6.45. The smallest absolute Gasteiger partial charge is 0.493 e. The van der Waals surface area contributed by atoms with Crippen LogP contribution >= 0.6 is 7.82 Å². The number of methoxy groups -OCH3 is 3. The average molecular weight is 449 g/mol. The number of phosphoric acid groups is 1. The van der Waals surface area contributed by atoms with Crippen LogP contribution in [0.3, 0.4) is 0 Å². The Morgan fingerprint density at radius 3 is 2.35 bits per heavy atom. The summed E-state index contributed by atoms with van der Waals surface area (Å²) in [4.78, 5) is 9.88. The van der Waals surface area contributed by atoms with Crippen LogP contribution in [0.25, 0.3) is 22.4 Å². The summed E-state index contributed by atoms with van der Waals surface area (Å²) in [5.74, 6) is 1.52. The van der Waals surface area contributed by atoms with Crippen molar-refractivity contribution < 1.29 is 37.2 Å². The summed E-state index contributed by atoms with van der Waals surface area (Å²) >= 11 is 0. The number of phosphoric ester groups is 1. The third-order valence-corrected chi connectivity index (χ3v) is 5.50. The molecule has 1 heterocycles. The van der Waals surface area contributed by atoms with Gasteiger partial charge in [-0.05, 0) is 49.2 Å². The first-order chi connectivity index (χ1) is 14.8. The predicted octanol–water partition coefficient (Wildman–Crippen LogP) is 4.86. The highest BCUT2D eigenvalue weighted by atomic mass is 31.2. The summed E-state index contributed by atoms with van der Waals surface area (Å²) in [5.41, 5.74) is 3.44. The molecule has 0 saturated carbocycles. The molecule has 0 saturated heterocycles. The summed E-state index contributed by atoms with van der Waals surface area (Å²) in [5, 5.41) is 4.14. The van der Waals surface area contributed by atoms with E-state index in [1.54, 1.807) is 45.4 Å². The predicted molar refractivity (Wildman–Crippen MR) is 114 cm³/mol. The highest BCUT2D eigenvalue weighted by Crippen LogP contribution is 2.48. The zero-order chi connectivity index (χ0) is 22.6. The third kappa shape index (κ3) is 4.85. The van der Waals surface area contributed by atoms with E-state index in [4.69, 9.17) is 27.8 Å². The fraction of sp³-hybridized carbons (Fsp3) is 0.286. The van der Waals surface area contributed by atoms with Gasteiger partial charge in [0.05, 0.1) is 27.9 Å². The maximum atomic E-state index is 12.1. The van der Waals surface area contributed by atoms with Crippen LogP contribution in [0.15, 0.2) is 41.1 Å². The molecule has 1 N–H and O–H groups in total. The van der Waals surface area contributed by atoms with E-state index in [0.29, 0.717) is 28.3 Å². The lowest BCUT2D eigenvalue weighted by Crippen LogP contribution is -1.99. The molecular weight excluding hydrogens is 425 g/mol. The number of hydrogen-bond donors (Lipinski definition) is 1. The summed E-state index contributed by atoms with van der Waals surface area (Å²) in [6.07, 6.45) is 1.48. The minimum absolute atomic E-state index is 0.0181. The van der Waals surface area contributed by atoms with Crippen molar-refractivity contribution in [3.63, 3.8) is 0 Å². The van der Waals surface area contributed by atoms with Crippen LogP contribution in [0, 0.1) is 6.92 Å². The number of aryl methyl sites for hydroxylation is 1. The number of benzene rings is 2. The molecule has 9 nitrogen and oxygen atoms in total. The Labute approximate surface area is 180 Å². The topological polar surface area (TPSA) is 109 Å². The van der Waals surface area contributed by atoms with Crippen molar-refractivity contribution in [2.24, 2.45) is 0 Å². The lowest BCUT2D eigenvalue weighted by molar-refractivity contribution is 0.210. The van der Waals surface area contributed by atoms with Crippen LogP contribution in [0.4, 0.5) is 0 Å². The molecule has 1 aromatic heterocycles. The van der Waals surface area contributed by atoms with Crippen molar-refractivity contribution in [3.05, 3.63) is 42.2 Å². The van der Waals surface area contributed by atoms with Crippen LogP contribution in [-0.2, 0) is 9.09 Å². The highest BCUT2D eigenvalue weighted by Gasteiger charge is 2.25. The molecule has 0 amide bonds. The zero-order valence-corrected chi connectivity index (χ0v) is 18.8. The van der Waals surface area contributed by atoms with Gasteiger partial charge in [0.2, 0.25) is 0 Å². The molecule has 1 atom stereocenters. The van der Waals surface area contributed by atoms with E-state index in [1.165, 1.54) is 13.4 Å². The standard InChI is InChI=1S/C21H24NO8P/c1-6-29-31(23,24)30-18-10-14(7-8-17(18)25-3)16-12-28-22-20(16)15-9-13(2)21(27-5)19(11-15)26-4/h7-12H,6H2,1-5H3,(H,23,24). The van der Waals surface area contributed by atoms with E-state index in [0.717, 1.165) is 11.1 Å². The van der Waals surface area contributed by atoms with Gasteiger partial charge >= 0.3 is 7.82 Å². The average Bonchev–Trinajstić information content (AvgIpc) is 3.22. The van der Waals surface area contributed by atoms with Crippen LogP contribution in [0.1, 0.15) is 12.5 Å². The van der Waals surface area contributed by atoms with Gasteiger partial charge in [0.25, 0.3) is 0 Å². The van der Waals surface area contributed by atoms with Crippen LogP contribution < -0.4 is 18.7 Å². The van der Waals surface area contributed by atoms with Crippen molar-refractivity contribution in [2.45, 2.75) is 13.8 Å². The molecule has 0 aliphatic rings. The Morgan fingerprint density at radius 2 is 1.71 bits per heavy atom. The Kier molecular flexibility index (Phi) is 6.90. The lowest BCUT2D eigenvalue weighted by Gasteiger charge is -2.15. The highest BCUT2D eigenvalue weighted by molar-refractivity contribution is 7.47. The number of ether oxygens (including phenoxy) is 3. The van der Waals surface area contributed by atoms with Gasteiger partial charge in [0.15, 0.2) is 23.0 Å². The number of aromatic nitrogens is 1. The van der Waals surface area contributed by atoms with Gasteiger partial charge in [-0.25, -0.2) is 4.57 Å². The summed E-state index contributed by atoms with van der Waals surface area (Å²) < 4.78 is 43.4. The van der Waals surface area contributed by atoms with E-state index in [1.807, 2.05) is 13.0 Å². The van der Waals surface area contributed by atoms with Gasteiger partial charge in [0, 0.05) is 11.1 Å². The van der Waals surface area contributed by atoms with E-state index in [9.17, 15) is 9.46 Å². The molecule has 0 radical (unpaired) electrons. The molecule has 2 aromatic carbocycles. The minimum Gasteiger partial charge on any atom is -0.493 e. The maximum absolute atomic E-state index is 12.1. The lowest BCUT2D eigenvalue weighted by atomic mass is 9.99. The Balaban J connectivity index is 2.07. The first-order valence-corrected chi connectivity index (χ1v) is 10.9. The van der Waals surface area contributed by atoms with Crippen molar-refractivity contribution >= 4 is 7.82 Å². The van der Waals surface area contributed by atoms with Gasteiger partial charge in [-0.2, -0.15) is 0 Å². The number of rotatable bonds is 9. The molecule has 0 spiro atoms. The van der Waals surface area contributed by atoms with Crippen LogP contribution in [0.5, 0.6) is 23.0 Å². The van der Waals surface area contributed by atoms with Crippen molar-refractivity contribution in [1.29, 1.82) is 0 Å². The second-order valence-corrected chi connectivity index (χ2v) is 7.83. The van der Waals surface area contributed by atoms with E-state index in [2.05, 4.69) is 5.16 Å². The Morgan fingerprint density at radius 1 is 1.00 bits per heavy atom. The van der Waals surface area contributed by atoms with Gasteiger partial charge in [-0.1, -0.05) is 11.2 Å². The van der Waals surface area contributed by atoms with E-state index >= 15 is 0 Å². The molecule has 3 rings (SSSR count). The molecular formula is C21H24NO8P.